The minimum atomic E-state index is -0.722. The minimum Gasteiger partial charge on any atom is -0.378 e. The standard InChI is InChI=1S/C22H20F2N6O2/c1-30-10-18(24)20(29-30)9-28-21-15-5-14(12-3-4-13(11-32-2)26-7-12)17(23)6-19(15)27-8-16(21)22(25)31/h3-8,10H,9,11H2,1-2H3,(H2,25,31)(H,27,28). The number of amides is 1. The summed E-state index contributed by atoms with van der Waals surface area (Å²) in [5, 5.41) is 7.53. The molecule has 3 heterocycles. The fourth-order valence-electron chi connectivity index (χ4n) is 3.43. The average Bonchev–Trinajstić information content (AvgIpc) is 3.09. The third-order valence-electron chi connectivity index (χ3n) is 4.94. The molecule has 1 aromatic carbocycles. The molecule has 1 amide bonds. The number of fused-ring (bicyclic) bond motifs is 1. The number of methoxy groups -OCH3 is 1. The number of pyridine rings is 2. The summed E-state index contributed by atoms with van der Waals surface area (Å²) in [6.07, 6.45) is 4.05. The Morgan fingerprint density at radius 2 is 2.00 bits per heavy atom. The molecule has 0 radical (unpaired) electrons. The van der Waals surface area contributed by atoms with Crippen LogP contribution in [0.1, 0.15) is 21.7 Å². The summed E-state index contributed by atoms with van der Waals surface area (Å²) in [6, 6.07) is 6.30. The molecule has 0 atom stereocenters. The van der Waals surface area contributed by atoms with E-state index in [4.69, 9.17) is 10.5 Å². The van der Waals surface area contributed by atoms with Crippen molar-refractivity contribution < 1.29 is 18.3 Å². The number of nitrogens with zero attached hydrogens (tertiary/aromatic N) is 4. The molecule has 3 N–H and O–H groups in total. The van der Waals surface area contributed by atoms with E-state index in [1.807, 2.05) is 0 Å². The number of benzene rings is 1. The normalized spacial score (nSPS) is 11.1. The lowest BCUT2D eigenvalue weighted by Crippen LogP contribution is -2.16. The van der Waals surface area contributed by atoms with Crippen LogP contribution < -0.4 is 11.1 Å². The SMILES string of the molecule is COCc1ccc(-c2cc3c(NCc4nn(C)cc4F)c(C(N)=O)cnc3cc2F)cn1. The van der Waals surface area contributed by atoms with Gasteiger partial charge in [0.05, 0.1) is 41.8 Å². The van der Waals surface area contributed by atoms with Crippen molar-refractivity contribution in [2.45, 2.75) is 13.2 Å². The second-order valence-corrected chi connectivity index (χ2v) is 7.18. The van der Waals surface area contributed by atoms with E-state index in [-0.39, 0.29) is 23.4 Å². The number of rotatable bonds is 7. The van der Waals surface area contributed by atoms with Crippen LogP contribution in [0.4, 0.5) is 14.5 Å². The molecule has 0 saturated heterocycles. The van der Waals surface area contributed by atoms with Crippen molar-refractivity contribution in [3.63, 3.8) is 0 Å². The largest absolute Gasteiger partial charge is 0.378 e. The van der Waals surface area contributed by atoms with Crippen molar-refractivity contribution in [1.82, 2.24) is 19.7 Å². The summed E-state index contributed by atoms with van der Waals surface area (Å²) < 4.78 is 35.3. The van der Waals surface area contributed by atoms with Crippen molar-refractivity contribution in [3.8, 4) is 11.1 Å². The van der Waals surface area contributed by atoms with Crippen molar-refractivity contribution in [2.75, 3.05) is 12.4 Å². The number of nitrogens with two attached hydrogens (primary N) is 1. The van der Waals surface area contributed by atoms with E-state index in [2.05, 4.69) is 20.4 Å². The summed E-state index contributed by atoms with van der Waals surface area (Å²) in [6.45, 7) is 0.330. The molecule has 164 valence electrons. The van der Waals surface area contributed by atoms with Crippen molar-refractivity contribution in [3.05, 3.63) is 71.4 Å². The summed E-state index contributed by atoms with van der Waals surface area (Å²) in [5.41, 5.74) is 7.92. The molecule has 32 heavy (non-hydrogen) atoms. The van der Waals surface area contributed by atoms with Crippen molar-refractivity contribution in [2.24, 2.45) is 12.8 Å². The first-order chi connectivity index (χ1) is 15.4. The zero-order valence-corrected chi connectivity index (χ0v) is 17.4. The molecule has 8 nitrogen and oxygen atoms in total. The number of aryl methyl sites for hydroxylation is 1. The number of halogens is 2. The van der Waals surface area contributed by atoms with E-state index in [1.54, 1.807) is 38.6 Å². The van der Waals surface area contributed by atoms with Crippen LogP contribution >= 0.6 is 0 Å². The van der Waals surface area contributed by atoms with E-state index >= 15 is 0 Å². The Bertz CT molecular complexity index is 1300. The zero-order valence-electron chi connectivity index (χ0n) is 17.4. The first kappa shape index (κ1) is 21.3. The second-order valence-electron chi connectivity index (χ2n) is 7.18. The van der Waals surface area contributed by atoms with Crippen LogP contribution in [-0.4, -0.2) is 32.8 Å². The van der Waals surface area contributed by atoms with Crippen LogP contribution in [0.2, 0.25) is 0 Å². The second kappa shape index (κ2) is 8.67. The molecule has 4 aromatic rings. The smallest absolute Gasteiger partial charge is 0.252 e. The van der Waals surface area contributed by atoms with Gasteiger partial charge in [0, 0.05) is 49.1 Å². The van der Waals surface area contributed by atoms with E-state index < -0.39 is 17.5 Å². The molecule has 10 heteroatoms. The lowest BCUT2D eigenvalue weighted by molar-refractivity contribution is 0.100. The van der Waals surface area contributed by atoms with E-state index in [0.717, 1.165) is 0 Å². The Balaban J connectivity index is 1.81. The number of ether oxygens (including phenoxy) is 1. The molecule has 0 bridgehead atoms. The lowest BCUT2D eigenvalue weighted by atomic mass is 10.0. The quantitative estimate of drug-likeness (QED) is 0.459. The highest BCUT2D eigenvalue weighted by Gasteiger charge is 2.18. The summed E-state index contributed by atoms with van der Waals surface area (Å²) >= 11 is 0. The molecule has 0 fully saturated rings. The van der Waals surface area contributed by atoms with Gasteiger partial charge in [-0.1, -0.05) is 6.07 Å². The number of nitrogens with one attached hydrogen (secondary N) is 1. The number of carbonyl (C=O) groups excluding carboxylic acids is 1. The van der Waals surface area contributed by atoms with Crippen LogP contribution in [0.15, 0.2) is 42.9 Å². The third kappa shape index (κ3) is 4.12. The zero-order chi connectivity index (χ0) is 22.8. The fourth-order valence-corrected chi connectivity index (χ4v) is 3.43. The summed E-state index contributed by atoms with van der Waals surface area (Å²) in [7, 11) is 3.16. The van der Waals surface area contributed by atoms with Gasteiger partial charge >= 0.3 is 0 Å². The Kier molecular flexibility index (Phi) is 5.78. The molecule has 0 aliphatic carbocycles. The number of carbonyl (C=O) groups is 1. The number of aromatic nitrogens is 4. The highest BCUT2D eigenvalue weighted by Crippen LogP contribution is 2.33. The van der Waals surface area contributed by atoms with E-state index in [0.29, 0.717) is 34.5 Å². The lowest BCUT2D eigenvalue weighted by Gasteiger charge is -2.14. The maximum atomic E-state index is 14.9. The van der Waals surface area contributed by atoms with Crippen molar-refractivity contribution in [1.29, 1.82) is 0 Å². The van der Waals surface area contributed by atoms with Gasteiger partial charge < -0.3 is 15.8 Å². The van der Waals surface area contributed by atoms with Gasteiger partial charge in [-0.15, -0.1) is 0 Å². The van der Waals surface area contributed by atoms with Gasteiger partial charge in [-0.3, -0.25) is 19.4 Å². The van der Waals surface area contributed by atoms with Crippen LogP contribution in [0.25, 0.3) is 22.0 Å². The Hall–Kier alpha value is -3.92. The van der Waals surface area contributed by atoms with Crippen LogP contribution in [0, 0.1) is 11.6 Å². The number of primary amides is 1. The molecular formula is C22H20F2N6O2. The molecular weight excluding hydrogens is 418 g/mol. The summed E-state index contributed by atoms with van der Waals surface area (Å²) in [4.78, 5) is 20.5. The Morgan fingerprint density at radius 3 is 2.62 bits per heavy atom. The van der Waals surface area contributed by atoms with Crippen LogP contribution in [-0.2, 0) is 24.9 Å². The molecule has 0 unspecified atom stereocenters. The first-order valence-corrected chi connectivity index (χ1v) is 9.65. The Labute approximate surface area is 182 Å². The van der Waals surface area contributed by atoms with Gasteiger partial charge in [0.1, 0.15) is 11.5 Å². The van der Waals surface area contributed by atoms with Gasteiger partial charge in [-0.05, 0) is 12.1 Å². The number of anilines is 1. The molecule has 0 saturated carbocycles. The van der Waals surface area contributed by atoms with Crippen LogP contribution in [0.5, 0.6) is 0 Å². The maximum absolute atomic E-state index is 14.9. The molecule has 0 aliphatic heterocycles. The first-order valence-electron chi connectivity index (χ1n) is 9.65. The highest BCUT2D eigenvalue weighted by atomic mass is 19.1. The molecule has 3 aromatic heterocycles. The Morgan fingerprint density at radius 1 is 1.19 bits per heavy atom. The van der Waals surface area contributed by atoms with Gasteiger partial charge in [0.15, 0.2) is 5.82 Å². The van der Waals surface area contributed by atoms with E-state index in [1.165, 1.54) is 23.1 Å². The van der Waals surface area contributed by atoms with E-state index in [9.17, 15) is 13.6 Å². The third-order valence-corrected chi connectivity index (χ3v) is 4.94. The molecule has 0 aliphatic rings. The predicted molar refractivity (Wildman–Crippen MR) is 115 cm³/mol. The fraction of sp³-hybridized carbons (Fsp3) is 0.182. The van der Waals surface area contributed by atoms with Gasteiger partial charge in [-0.25, -0.2) is 8.78 Å². The molecule has 0 spiro atoms. The van der Waals surface area contributed by atoms with Gasteiger partial charge in [0.25, 0.3) is 5.91 Å². The maximum Gasteiger partial charge on any atom is 0.252 e. The highest BCUT2D eigenvalue weighted by molar-refractivity contribution is 6.07. The monoisotopic (exact) mass is 438 g/mol. The molecule has 4 rings (SSSR count). The average molecular weight is 438 g/mol. The predicted octanol–water partition coefficient (Wildman–Crippen LogP) is 3.17. The number of hydrogen-bond acceptors (Lipinski definition) is 6. The van der Waals surface area contributed by atoms with Gasteiger partial charge in [-0.2, -0.15) is 5.10 Å². The number of hydrogen-bond donors (Lipinski definition) is 2. The van der Waals surface area contributed by atoms with Crippen LogP contribution in [0.3, 0.4) is 0 Å². The topological polar surface area (TPSA) is 108 Å². The van der Waals surface area contributed by atoms with Crippen molar-refractivity contribution >= 4 is 22.5 Å². The minimum absolute atomic E-state index is 0.00789. The van der Waals surface area contributed by atoms with Gasteiger partial charge in [0.2, 0.25) is 0 Å². The summed E-state index contributed by atoms with van der Waals surface area (Å²) in [5.74, 6) is -1.72.